The van der Waals surface area contributed by atoms with Crippen molar-refractivity contribution < 1.29 is 0 Å². The lowest BCUT2D eigenvalue weighted by molar-refractivity contribution is 1.28. The maximum atomic E-state index is 2.27. The number of anilines is 2. The lowest BCUT2D eigenvalue weighted by atomic mass is 9.97. The van der Waals surface area contributed by atoms with Crippen molar-refractivity contribution in [2.45, 2.75) is 0 Å². The largest absolute Gasteiger partial charge is 0.317 e. The average molecular weight is 552 g/mol. The van der Waals surface area contributed by atoms with E-state index in [-0.39, 0.29) is 0 Å². The third-order valence-electron chi connectivity index (χ3n) is 7.35. The molecule has 0 aliphatic rings. The zero-order valence-electron chi connectivity index (χ0n) is 24.0. The molecule has 6 aromatic carbocycles. The first-order chi connectivity index (χ1) is 21.3. The first-order valence-corrected chi connectivity index (χ1v) is 14.6. The van der Waals surface area contributed by atoms with E-state index in [4.69, 9.17) is 0 Å². The van der Waals surface area contributed by atoms with Gasteiger partial charge < -0.3 is 4.90 Å². The minimum absolute atomic E-state index is 1.09. The number of allylic oxidation sites excluding steroid dienone is 2. The van der Waals surface area contributed by atoms with E-state index in [0.717, 1.165) is 22.5 Å². The second kappa shape index (κ2) is 13.8. The fourth-order valence-corrected chi connectivity index (χ4v) is 5.16. The van der Waals surface area contributed by atoms with Gasteiger partial charge in [0, 0.05) is 23.1 Å². The summed E-state index contributed by atoms with van der Waals surface area (Å²) in [4.78, 5) is 2.27. The van der Waals surface area contributed by atoms with Crippen LogP contribution in [0, 0.1) is 0 Å². The third kappa shape index (κ3) is 6.98. The Morgan fingerprint density at radius 1 is 0.372 bits per heavy atom. The van der Waals surface area contributed by atoms with E-state index in [0.29, 0.717) is 0 Å². The van der Waals surface area contributed by atoms with Gasteiger partial charge in [-0.1, -0.05) is 170 Å². The summed E-state index contributed by atoms with van der Waals surface area (Å²) in [5.74, 6) is 0. The van der Waals surface area contributed by atoms with Gasteiger partial charge in [0.05, 0.1) is 0 Å². The van der Waals surface area contributed by atoms with Crippen LogP contribution >= 0.6 is 0 Å². The van der Waals surface area contributed by atoms with E-state index in [1.807, 2.05) is 0 Å². The Kier molecular flexibility index (Phi) is 8.83. The normalized spacial score (nSPS) is 10.7. The summed E-state index contributed by atoms with van der Waals surface area (Å²) in [6.45, 7) is 0. The fourth-order valence-electron chi connectivity index (χ4n) is 5.16. The van der Waals surface area contributed by atoms with Gasteiger partial charge in [0.25, 0.3) is 0 Å². The molecule has 0 amide bonds. The quantitative estimate of drug-likeness (QED) is 0.162. The smallest absolute Gasteiger partial charge is 0.0456 e. The minimum Gasteiger partial charge on any atom is -0.317 e. The van der Waals surface area contributed by atoms with Gasteiger partial charge in [0.2, 0.25) is 0 Å². The second-order valence-electron chi connectivity index (χ2n) is 10.2. The van der Waals surface area contributed by atoms with Gasteiger partial charge in [-0.2, -0.15) is 0 Å². The maximum Gasteiger partial charge on any atom is 0.0456 e. The van der Waals surface area contributed by atoms with Crippen LogP contribution in [0.4, 0.5) is 11.4 Å². The highest BCUT2D eigenvalue weighted by Gasteiger charge is 2.12. The molecule has 0 radical (unpaired) electrons. The van der Waals surface area contributed by atoms with Crippen molar-refractivity contribution in [3.63, 3.8) is 0 Å². The standard InChI is InChI=1S/C42H33N/c1-6-18-35(19-7-1)41(36-20-8-2-9-21-36)28-16-17-34-29-31-40(32-30-34)43(39-26-14-5-15-27-39)33-42(37-22-10-3-11-23-37)38-24-12-4-13-25-38/h1-33H. The Hall–Kier alpha value is -5.66. The molecule has 6 rings (SSSR count). The molecule has 0 N–H and O–H groups in total. The highest BCUT2D eigenvalue weighted by atomic mass is 15.1. The first-order valence-electron chi connectivity index (χ1n) is 14.6. The van der Waals surface area contributed by atoms with Crippen molar-refractivity contribution in [1.82, 2.24) is 0 Å². The zero-order chi connectivity index (χ0) is 29.1. The predicted molar refractivity (Wildman–Crippen MR) is 184 cm³/mol. The van der Waals surface area contributed by atoms with E-state index in [2.05, 4.69) is 205 Å². The van der Waals surface area contributed by atoms with Crippen molar-refractivity contribution in [1.29, 1.82) is 0 Å². The van der Waals surface area contributed by atoms with Crippen LogP contribution in [-0.4, -0.2) is 0 Å². The molecule has 0 fully saturated rings. The summed E-state index contributed by atoms with van der Waals surface area (Å²) in [5, 5.41) is 0. The molecular weight excluding hydrogens is 518 g/mol. The highest BCUT2D eigenvalue weighted by Crippen LogP contribution is 2.32. The van der Waals surface area contributed by atoms with E-state index in [1.54, 1.807) is 0 Å². The van der Waals surface area contributed by atoms with Gasteiger partial charge in [0.15, 0.2) is 0 Å². The second-order valence-corrected chi connectivity index (χ2v) is 10.2. The molecule has 0 unspecified atom stereocenters. The monoisotopic (exact) mass is 551 g/mol. The molecule has 0 saturated carbocycles. The molecule has 0 aliphatic heterocycles. The number of benzene rings is 6. The molecule has 0 heterocycles. The third-order valence-corrected chi connectivity index (χ3v) is 7.35. The van der Waals surface area contributed by atoms with E-state index in [9.17, 15) is 0 Å². The molecule has 43 heavy (non-hydrogen) atoms. The first kappa shape index (κ1) is 27.5. The van der Waals surface area contributed by atoms with Gasteiger partial charge >= 0.3 is 0 Å². The van der Waals surface area contributed by atoms with Crippen LogP contribution in [0.2, 0.25) is 0 Å². The number of para-hydroxylation sites is 1. The summed E-state index contributed by atoms with van der Waals surface area (Å²) >= 11 is 0. The van der Waals surface area contributed by atoms with E-state index in [1.165, 1.54) is 27.8 Å². The zero-order valence-corrected chi connectivity index (χ0v) is 24.0. The van der Waals surface area contributed by atoms with Crippen LogP contribution in [-0.2, 0) is 0 Å². The Morgan fingerprint density at radius 3 is 1.19 bits per heavy atom. The Balaban J connectivity index is 1.34. The number of nitrogens with zero attached hydrogens (tertiary/aromatic N) is 1. The van der Waals surface area contributed by atoms with Crippen LogP contribution in [0.1, 0.15) is 27.8 Å². The van der Waals surface area contributed by atoms with Crippen LogP contribution < -0.4 is 4.90 Å². The van der Waals surface area contributed by atoms with E-state index < -0.39 is 0 Å². The molecule has 0 aromatic heterocycles. The minimum atomic E-state index is 1.09. The van der Waals surface area contributed by atoms with Crippen LogP contribution in [0.5, 0.6) is 0 Å². The van der Waals surface area contributed by atoms with Crippen molar-refractivity contribution in [3.8, 4) is 0 Å². The highest BCUT2D eigenvalue weighted by molar-refractivity contribution is 5.84. The molecule has 0 saturated heterocycles. The molecule has 6 aromatic rings. The molecular formula is C42H33N. The van der Waals surface area contributed by atoms with Gasteiger partial charge in [0.1, 0.15) is 0 Å². The van der Waals surface area contributed by atoms with Gasteiger partial charge in [-0.25, -0.2) is 0 Å². The molecule has 1 heteroatoms. The summed E-state index contributed by atoms with van der Waals surface area (Å²) in [6.07, 6.45) is 8.75. The predicted octanol–water partition coefficient (Wildman–Crippen LogP) is 11.1. The number of hydrogen-bond donors (Lipinski definition) is 0. The summed E-state index contributed by atoms with van der Waals surface area (Å²) in [7, 11) is 0. The van der Waals surface area contributed by atoms with Crippen molar-refractivity contribution in [2.75, 3.05) is 4.90 Å². The number of rotatable bonds is 9. The SMILES string of the molecule is C(=Cc1ccc(N(C=C(c2ccccc2)c2ccccc2)c2ccccc2)cc1)C=C(c1ccccc1)c1ccccc1. The topological polar surface area (TPSA) is 3.24 Å². The maximum absolute atomic E-state index is 2.27. The van der Waals surface area contributed by atoms with Crippen molar-refractivity contribution >= 4 is 28.6 Å². The van der Waals surface area contributed by atoms with Crippen molar-refractivity contribution in [2.24, 2.45) is 0 Å². The Morgan fingerprint density at radius 2 is 0.744 bits per heavy atom. The summed E-state index contributed by atoms with van der Waals surface area (Å²) < 4.78 is 0. The molecule has 0 spiro atoms. The van der Waals surface area contributed by atoms with Crippen LogP contribution in [0.3, 0.4) is 0 Å². The van der Waals surface area contributed by atoms with E-state index >= 15 is 0 Å². The molecule has 0 aliphatic carbocycles. The molecule has 1 nitrogen and oxygen atoms in total. The average Bonchev–Trinajstić information content (AvgIpc) is 3.09. The van der Waals surface area contributed by atoms with Gasteiger partial charge in [-0.05, 0) is 57.7 Å². The Bertz CT molecular complexity index is 1720. The van der Waals surface area contributed by atoms with Crippen molar-refractivity contribution in [3.05, 3.63) is 222 Å². The lowest BCUT2D eigenvalue weighted by Crippen LogP contribution is -2.10. The molecule has 206 valence electrons. The van der Waals surface area contributed by atoms with Crippen LogP contribution in [0.25, 0.3) is 17.2 Å². The molecule has 0 bridgehead atoms. The van der Waals surface area contributed by atoms with Gasteiger partial charge in [-0.15, -0.1) is 0 Å². The van der Waals surface area contributed by atoms with Crippen LogP contribution in [0.15, 0.2) is 194 Å². The summed E-state index contributed by atoms with van der Waals surface area (Å²) in [6, 6.07) is 61.5. The lowest BCUT2D eigenvalue weighted by Gasteiger charge is -2.23. The Labute approximate surface area is 255 Å². The fraction of sp³-hybridized carbons (Fsp3) is 0. The number of hydrogen-bond acceptors (Lipinski definition) is 1. The summed E-state index contributed by atoms with van der Waals surface area (Å²) in [5.41, 5.74) is 10.5. The van der Waals surface area contributed by atoms with Gasteiger partial charge in [-0.3, -0.25) is 0 Å². The molecule has 0 atom stereocenters.